The summed E-state index contributed by atoms with van der Waals surface area (Å²) in [5, 5.41) is 14.1. The second-order valence-corrected chi connectivity index (χ2v) is 9.02. The van der Waals surface area contributed by atoms with Crippen molar-refractivity contribution in [1.29, 1.82) is 0 Å². The molecule has 0 spiro atoms. The number of phenolic OH excluding ortho intramolecular Hbond substituents is 1. The van der Waals surface area contributed by atoms with E-state index < -0.39 is 0 Å². The van der Waals surface area contributed by atoms with Crippen LogP contribution < -0.4 is 5.32 Å². The third kappa shape index (κ3) is 4.85. The van der Waals surface area contributed by atoms with Crippen molar-refractivity contribution in [3.05, 3.63) is 65.0 Å². The standard InChI is InChI=1S/C25H34FN3O/c1-28-13-15-29(16-14-28)19-20-9-10-24(30)21(17-20)18-27-25(11-5-2-6-12-25)22-7-3-4-8-23(22)26/h3-4,7-10,17,27,30H,2,5-6,11-16,18-19H2,1H3. The van der Waals surface area contributed by atoms with Gasteiger partial charge in [0.15, 0.2) is 0 Å². The van der Waals surface area contributed by atoms with Crippen molar-refractivity contribution in [2.45, 2.75) is 50.7 Å². The van der Waals surface area contributed by atoms with Crippen LogP contribution in [0.25, 0.3) is 0 Å². The third-order valence-electron chi connectivity index (χ3n) is 6.86. The average molecular weight is 412 g/mol. The highest BCUT2D eigenvalue weighted by molar-refractivity contribution is 5.37. The van der Waals surface area contributed by atoms with Gasteiger partial charge in [-0.05, 0) is 43.7 Å². The molecule has 0 radical (unpaired) electrons. The van der Waals surface area contributed by atoms with Crippen molar-refractivity contribution in [1.82, 2.24) is 15.1 Å². The number of nitrogens with zero attached hydrogens (tertiary/aromatic N) is 2. The lowest BCUT2D eigenvalue weighted by Gasteiger charge is -2.39. The highest BCUT2D eigenvalue weighted by atomic mass is 19.1. The first-order valence-electron chi connectivity index (χ1n) is 11.3. The van der Waals surface area contributed by atoms with Crippen LogP contribution in [-0.2, 0) is 18.6 Å². The fourth-order valence-corrected chi connectivity index (χ4v) is 4.95. The van der Waals surface area contributed by atoms with Gasteiger partial charge in [0.05, 0.1) is 0 Å². The molecule has 30 heavy (non-hydrogen) atoms. The lowest BCUT2D eigenvalue weighted by molar-refractivity contribution is 0.148. The first-order chi connectivity index (χ1) is 14.6. The molecular formula is C25H34FN3O. The van der Waals surface area contributed by atoms with E-state index in [1.165, 1.54) is 12.0 Å². The summed E-state index contributed by atoms with van der Waals surface area (Å²) in [6, 6.07) is 13.1. The van der Waals surface area contributed by atoms with E-state index in [9.17, 15) is 9.50 Å². The summed E-state index contributed by atoms with van der Waals surface area (Å²) < 4.78 is 14.7. The van der Waals surface area contributed by atoms with Gasteiger partial charge in [0, 0.05) is 55.9 Å². The molecule has 1 saturated carbocycles. The molecule has 1 heterocycles. The summed E-state index contributed by atoms with van der Waals surface area (Å²) >= 11 is 0. The summed E-state index contributed by atoms with van der Waals surface area (Å²) in [7, 11) is 2.17. The number of hydrogen-bond donors (Lipinski definition) is 2. The molecular weight excluding hydrogens is 377 g/mol. The van der Waals surface area contributed by atoms with E-state index in [4.69, 9.17) is 0 Å². The third-order valence-corrected chi connectivity index (χ3v) is 6.86. The maximum Gasteiger partial charge on any atom is 0.128 e. The highest BCUT2D eigenvalue weighted by Crippen LogP contribution is 2.39. The predicted molar refractivity (Wildman–Crippen MR) is 119 cm³/mol. The summed E-state index contributed by atoms with van der Waals surface area (Å²) in [5.41, 5.74) is 2.52. The zero-order valence-corrected chi connectivity index (χ0v) is 18.0. The molecule has 0 aromatic heterocycles. The Morgan fingerprint density at radius 3 is 2.47 bits per heavy atom. The topological polar surface area (TPSA) is 38.7 Å². The van der Waals surface area contributed by atoms with Crippen molar-refractivity contribution in [3.8, 4) is 5.75 Å². The number of hydrogen-bond acceptors (Lipinski definition) is 4. The van der Waals surface area contributed by atoms with E-state index in [0.717, 1.165) is 69.5 Å². The summed E-state index contributed by atoms with van der Waals surface area (Å²) in [6.07, 6.45) is 5.24. The number of nitrogens with one attached hydrogen (secondary N) is 1. The van der Waals surface area contributed by atoms with Crippen molar-refractivity contribution in [3.63, 3.8) is 0 Å². The molecule has 2 N–H and O–H groups in total. The number of aromatic hydroxyl groups is 1. The molecule has 2 aromatic rings. The molecule has 0 atom stereocenters. The fraction of sp³-hybridized carbons (Fsp3) is 0.520. The molecule has 4 rings (SSSR count). The Labute approximate surface area is 179 Å². The van der Waals surface area contributed by atoms with Crippen LogP contribution >= 0.6 is 0 Å². The summed E-state index contributed by atoms with van der Waals surface area (Å²) in [6.45, 7) is 5.77. The van der Waals surface area contributed by atoms with Gasteiger partial charge in [-0.15, -0.1) is 0 Å². The maximum atomic E-state index is 14.7. The Kier molecular flexibility index (Phi) is 6.71. The first kappa shape index (κ1) is 21.3. The molecule has 0 unspecified atom stereocenters. The highest BCUT2D eigenvalue weighted by Gasteiger charge is 2.35. The molecule has 2 aliphatic rings. The second-order valence-electron chi connectivity index (χ2n) is 9.02. The van der Waals surface area contributed by atoms with Crippen molar-refractivity contribution in [2.75, 3.05) is 33.2 Å². The number of benzene rings is 2. The fourth-order valence-electron chi connectivity index (χ4n) is 4.95. The molecule has 1 aliphatic carbocycles. The molecule has 162 valence electrons. The maximum absolute atomic E-state index is 14.7. The average Bonchev–Trinajstić information content (AvgIpc) is 2.77. The van der Waals surface area contributed by atoms with Gasteiger partial charge in [0.25, 0.3) is 0 Å². The number of likely N-dealkylation sites (N-methyl/N-ethyl adjacent to an activating group) is 1. The van der Waals surface area contributed by atoms with E-state index in [1.54, 1.807) is 18.2 Å². The van der Waals surface area contributed by atoms with Gasteiger partial charge in [-0.25, -0.2) is 4.39 Å². The van der Waals surface area contributed by atoms with Crippen molar-refractivity contribution in [2.24, 2.45) is 0 Å². The quantitative estimate of drug-likeness (QED) is 0.746. The Morgan fingerprint density at radius 1 is 1.00 bits per heavy atom. The molecule has 1 saturated heterocycles. The van der Waals surface area contributed by atoms with Crippen LogP contribution in [0, 0.1) is 5.82 Å². The Bertz CT molecular complexity index is 842. The lowest BCUT2D eigenvalue weighted by atomic mass is 9.76. The van der Waals surface area contributed by atoms with Gasteiger partial charge in [0.2, 0.25) is 0 Å². The van der Waals surface area contributed by atoms with Crippen LogP contribution in [-0.4, -0.2) is 48.1 Å². The van der Waals surface area contributed by atoms with Gasteiger partial charge >= 0.3 is 0 Å². The lowest BCUT2D eigenvalue weighted by Crippen LogP contribution is -2.44. The van der Waals surface area contributed by atoms with Gasteiger partial charge in [-0.1, -0.05) is 43.5 Å². The van der Waals surface area contributed by atoms with Gasteiger partial charge in [-0.2, -0.15) is 0 Å². The Hall–Kier alpha value is -1.95. The van der Waals surface area contributed by atoms with Crippen molar-refractivity contribution >= 4 is 0 Å². The second kappa shape index (κ2) is 9.46. The molecule has 5 heteroatoms. The number of phenols is 1. The van der Waals surface area contributed by atoms with E-state index in [-0.39, 0.29) is 11.4 Å². The van der Waals surface area contributed by atoms with Crippen LogP contribution in [0.1, 0.15) is 48.8 Å². The SMILES string of the molecule is CN1CCN(Cc2ccc(O)c(CNC3(c4ccccc4F)CCCCC3)c2)CC1. The van der Waals surface area contributed by atoms with E-state index >= 15 is 0 Å². The van der Waals surface area contributed by atoms with Gasteiger partial charge in [0.1, 0.15) is 11.6 Å². The minimum Gasteiger partial charge on any atom is -0.508 e. The van der Waals surface area contributed by atoms with E-state index in [0.29, 0.717) is 12.3 Å². The van der Waals surface area contributed by atoms with Crippen LogP contribution in [0.3, 0.4) is 0 Å². The monoisotopic (exact) mass is 411 g/mol. The zero-order valence-electron chi connectivity index (χ0n) is 18.0. The minimum atomic E-state index is -0.358. The molecule has 0 amide bonds. The molecule has 4 nitrogen and oxygen atoms in total. The van der Waals surface area contributed by atoms with E-state index in [1.807, 2.05) is 18.2 Å². The normalized spacial score (nSPS) is 20.3. The largest absolute Gasteiger partial charge is 0.508 e. The van der Waals surface area contributed by atoms with E-state index in [2.05, 4.69) is 28.2 Å². The number of halogens is 1. The minimum absolute atomic E-state index is 0.139. The molecule has 0 bridgehead atoms. The number of rotatable bonds is 6. The van der Waals surface area contributed by atoms with Crippen LogP contribution in [0.15, 0.2) is 42.5 Å². The van der Waals surface area contributed by atoms with Gasteiger partial charge in [-0.3, -0.25) is 4.90 Å². The number of piperazine rings is 1. The zero-order chi connectivity index (χ0) is 21.0. The summed E-state index contributed by atoms with van der Waals surface area (Å²) in [5.74, 6) is 0.170. The van der Waals surface area contributed by atoms with Crippen molar-refractivity contribution < 1.29 is 9.50 Å². The smallest absolute Gasteiger partial charge is 0.128 e. The van der Waals surface area contributed by atoms with Crippen LogP contribution in [0.2, 0.25) is 0 Å². The summed E-state index contributed by atoms with van der Waals surface area (Å²) in [4.78, 5) is 4.82. The Morgan fingerprint density at radius 2 is 1.73 bits per heavy atom. The van der Waals surface area contributed by atoms with Crippen LogP contribution in [0.5, 0.6) is 5.75 Å². The molecule has 2 aromatic carbocycles. The van der Waals surface area contributed by atoms with Gasteiger partial charge < -0.3 is 15.3 Å². The predicted octanol–water partition coefficient (Wildman–Crippen LogP) is 4.23. The Balaban J connectivity index is 1.49. The molecule has 1 aliphatic heterocycles. The first-order valence-corrected chi connectivity index (χ1v) is 11.3. The molecule has 2 fully saturated rings. The van der Waals surface area contributed by atoms with Crippen LogP contribution in [0.4, 0.5) is 4.39 Å².